The van der Waals surface area contributed by atoms with Crippen LogP contribution in [0.3, 0.4) is 0 Å². The molecule has 0 saturated heterocycles. The number of anilines is 1. The second-order valence-electron chi connectivity index (χ2n) is 8.01. The number of allylic oxidation sites excluding steroid dienone is 2. The van der Waals surface area contributed by atoms with E-state index in [9.17, 15) is 4.79 Å². The van der Waals surface area contributed by atoms with Crippen molar-refractivity contribution in [2.75, 3.05) is 18.5 Å². The number of aliphatic imine (C=N–C) groups is 1. The highest BCUT2D eigenvalue weighted by Crippen LogP contribution is 2.65. The van der Waals surface area contributed by atoms with Gasteiger partial charge in [0, 0.05) is 16.7 Å². The van der Waals surface area contributed by atoms with Gasteiger partial charge in [0.25, 0.3) is 11.9 Å². The summed E-state index contributed by atoms with van der Waals surface area (Å²) in [4.78, 5) is 17.4. The van der Waals surface area contributed by atoms with Gasteiger partial charge in [-0.1, -0.05) is 0 Å². The lowest BCUT2D eigenvalue weighted by Gasteiger charge is -2.39. The van der Waals surface area contributed by atoms with Gasteiger partial charge in [0.05, 0.1) is 24.3 Å². The van der Waals surface area contributed by atoms with Crippen LogP contribution in [-0.4, -0.2) is 31.2 Å². The van der Waals surface area contributed by atoms with E-state index in [0.29, 0.717) is 30.2 Å². The third kappa shape index (κ3) is 2.58. The van der Waals surface area contributed by atoms with Crippen molar-refractivity contribution in [1.82, 2.24) is 5.32 Å². The molecular formula is C21H21N5O3. The van der Waals surface area contributed by atoms with Crippen LogP contribution in [-0.2, 0) is 15.1 Å². The van der Waals surface area contributed by atoms with Gasteiger partial charge in [-0.05, 0) is 50.1 Å². The SMILES string of the molecule is CC1NC(C(=O)Nc2ccc3c(c2)C2(COC(N)=N2)C2(CC2)CO3)=CC=C1C#N. The summed E-state index contributed by atoms with van der Waals surface area (Å²) in [6.45, 7) is 2.82. The molecule has 1 aromatic carbocycles. The van der Waals surface area contributed by atoms with Crippen LogP contribution < -0.4 is 21.1 Å². The molecule has 8 nitrogen and oxygen atoms in total. The number of carbonyl (C=O) groups is 1. The van der Waals surface area contributed by atoms with Crippen LogP contribution in [0.15, 0.2) is 46.6 Å². The highest BCUT2D eigenvalue weighted by atomic mass is 16.5. The number of amides is 1. The summed E-state index contributed by atoms with van der Waals surface area (Å²) in [6.07, 6.45) is 5.29. The fourth-order valence-electron chi connectivity index (χ4n) is 4.38. The van der Waals surface area contributed by atoms with Gasteiger partial charge in [0.1, 0.15) is 23.6 Å². The molecule has 1 saturated carbocycles. The number of amidine groups is 1. The van der Waals surface area contributed by atoms with Crippen LogP contribution >= 0.6 is 0 Å². The van der Waals surface area contributed by atoms with Gasteiger partial charge >= 0.3 is 0 Å². The Morgan fingerprint density at radius 2 is 2.17 bits per heavy atom. The molecule has 1 amide bonds. The van der Waals surface area contributed by atoms with E-state index in [4.69, 9.17) is 25.5 Å². The smallest absolute Gasteiger partial charge is 0.283 e. The van der Waals surface area contributed by atoms with Crippen molar-refractivity contribution in [3.05, 3.63) is 47.2 Å². The Morgan fingerprint density at radius 1 is 1.34 bits per heavy atom. The number of benzene rings is 1. The van der Waals surface area contributed by atoms with Gasteiger partial charge < -0.3 is 25.8 Å². The maximum Gasteiger partial charge on any atom is 0.283 e. The monoisotopic (exact) mass is 391 g/mol. The fourth-order valence-corrected chi connectivity index (χ4v) is 4.38. The van der Waals surface area contributed by atoms with Crippen molar-refractivity contribution in [1.29, 1.82) is 5.26 Å². The molecule has 148 valence electrons. The van der Waals surface area contributed by atoms with E-state index in [1.807, 2.05) is 25.1 Å². The molecule has 0 radical (unpaired) electrons. The number of dihydropyridines is 1. The molecule has 1 aromatic rings. The lowest BCUT2D eigenvalue weighted by Crippen LogP contribution is -2.44. The number of ether oxygens (including phenoxy) is 2. The Morgan fingerprint density at radius 3 is 2.83 bits per heavy atom. The molecule has 29 heavy (non-hydrogen) atoms. The summed E-state index contributed by atoms with van der Waals surface area (Å²) >= 11 is 0. The topological polar surface area (TPSA) is 122 Å². The summed E-state index contributed by atoms with van der Waals surface area (Å²) < 4.78 is 11.6. The minimum absolute atomic E-state index is 0.0921. The Hall–Kier alpha value is -3.47. The van der Waals surface area contributed by atoms with Crippen LogP contribution in [0, 0.1) is 16.7 Å². The van der Waals surface area contributed by atoms with Gasteiger partial charge in [-0.2, -0.15) is 5.26 Å². The molecule has 1 fully saturated rings. The quantitative estimate of drug-likeness (QED) is 0.705. The van der Waals surface area contributed by atoms with E-state index < -0.39 is 5.54 Å². The van der Waals surface area contributed by atoms with E-state index in [1.54, 1.807) is 12.2 Å². The Bertz CT molecular complexity index is 1050. The zero-order valence-corrected chi connectivity index (χ0v) is 16.0. The van der Waals surface area contributed by atoms with Crippen molar-refractivity contribution in [2.24, 2.45) is 16.1 Å². The molecule has 5 rings (SSSR count). The molecule has 3 aliphatic heterocycles. The molecule has 4 N–H and O–H groups in total. The average molecular weight is 391 g/mol. The fraction of sp³-hybridized carbons (Fsp3) is 0.381. The van der Waals surface area contributed by atoms with Crippen molar-refractivity contribution >= 4 is 17.6 Å². The first-order valence-electron chi connectivity index (χ1n) is 9.62. The molecule has 3 heterocycles. The second-order valence-corrected chi connectivity index (χ2v) is 8.01. The van der Waals surface area contributed by atoms with Crippen LogP contribution in [0.1, 0.15) is 25.3 Å². The summed E-state index contributed by atoms with van der Waals surface area (Å²) in [7, 11) is 0. The number of nitrogens with zero attached hydrogens (tertiary/aromatic N) is 2. The summed E-state index contributed by atoms with van der Waals surface area (Å²) in [5, 5.41) is 15.0. The summed E-state index contributed by atoms with van der Waals surface area (Å²) in [5.74, 6) is 0.468. The van der Waals surface area contributed by atoms with Crippen molar-refractivity contribution in [3.63, 3.8) is 0 Å². The standard InChI is InChI=1S/C21H21N5O3/c1-12-13(9-22)2-4-16(24-12)18(27)25-14-3-5-17-15(8-14)21(11-29-19(23)26-21)20(6-7-20)10-28-17/h2-5,8,12,24H,6-7,10-11H2,1H3,(H2,23,26)(H,25,27). The number of carbonyl (C=O) groups excluding carboxylic acids is 1. The number of nitriles is 1. The first-order valence-corrected chi connectivity index (χ1v) is 9.62. The predicted octanol–water partition coefficient (Wildman–Crippen LogP) is 1.66. The summed E-state index contributed by atoms with van der Waals surface area (Å²) in [5.41, 5.74) is 7.74. The van der Waals surface area contributed by atoms with Crippen LogP contribution in [0.25, 0.3) is 0 Å². The maximum atomic E-state index is 12.7. The van der Waals surface area contributed by atoms with Gasteiger partial charge in [0.2, 0.25) is 0 Å². The van der Waals surface area contributed by atoms with Gasteiger partial charge in [-0.15, -0.1) is 0 Å². The highest BCUT2D eigenvalue weighted by Gasteiger charge is 2.66. The van der Waals surface area contributed by atoms with Crippen molar-refractivity contribution in [2.45, 2.75) is 31.3 Å². The third-order valence-corrected chi connectivity index (χ3v) is 6.29. The van der Waals surface area contributed by atoms with Crippen LogP contribution in [0.4, 0.5) is 5.69 Å². The van der Waals surface area contributed by atoms with Crippen LogP contribution in [0.5, 0.6) is 5.75 Å². The molecule has 4 aliphatic rings. The van der Waals surface area contributed by atoms with Crippen molar-refractivity contribution < 1.29 is 14.3 Å². The lowest BCUT2D eigenvalue weighted by molar-refractivity contribution is -0.113. The molecule has 2 spiro atoms. The Balaban J connectivity index is 1.45. The van der Waals surface area contributed by atoms with E-state index in [-0.39, 0.29) is 23.4 Å². The Labute approximate surface area is 168 Å². The average Bonchev–Trinajstić information content (AvgIpc) is 3.40. The van der Waals surface area contributed by atoms with E-state index >= 15 is 0 Å². The molecule has 0 bridgehead atoms. The van der Waals surface area contributed by atoms with Gasteiger partial charge in [-0.3, -0.25) is 4.79 Å². The van der Waals surface area contributed by atoms with Crippen molar-refractivity contribution in [3.8, 4) is 11.8 Å². The number of nitrogens with one attached hydrogen (secondary N) is 2. The van der Waals surface area contributed by atoms with E-state index in [0.717, 1.165) is 24.2 Å². The van der Waals surface area contributed by atoms with E-state index in [2.05, 4.69) is 16.7 Å². The Kier molecular flexibility index (Phi) is 3.65. The minimum atomic E-state index is -0.563. The second kappa shape index (κ2) is 6.01. The molecule has 8 heteroatoms. The van der Waals surface area contributed by atoms with E-state index in [1.165, 1.54) is 0 Å². The zero-order valence-electron chi connectivity index (χ0n) is 16.0. The molecule has 2 atom stereocenters. The summed E-state index contributed by atoms with van der Waals surface area (Å²) in [6, 6.07) is 7.66. The first-order chi connectivity index (χ1) is 14.0. The maximum absolute atomic E-state index is 12.7. The first kappa shape index (κ1) is 17.6. The molecule has 1 aliphatic carbocycles. The predicted molar refractivity (Wildman–Crippen MR) is 106 cm³/mol. The number of rotatable bonds is 2. The normalized spacial score (nSPS) is 28.0. The molecular weight excluding hydrogens is 370 g/mol. The zero-order chi connectivity index (χ0) is 20.2. The third-order valence-electron chi connectivity index (χ3n) is 6.29. The molecule has 0 aromatic heterocycles. The minimum Gasteiger partial charge on any atom is -0.493 e. The highest BCUT2D eigenvalue weighted by molar-refractivity contribution is 6.04. The number of nitrogens with two attached hydrogens (primary N) is 1. The lowest BCUT2D eigenvalue weighted by atomic mass is 9.74. The number of hydrogen-bond donors (Lipinski definition) is 3. The van der Waals surface area contributed by atoms with Gasteiger partial charge in [0.15, 0.2) is 0 Å². The molecule has 2 unspecified atom stereocenters. The largest absolute Gasteiger partial charge is 0.493 e. The van der Waals surface area contributed by atoms with Gasteiger partial charge in [-0.25, -0.2) is 4.99 Å². The number of fused-ring (bicyclic) bond motifs is 3. The van der Waals surface area contributed by atoms with Crippen LogP contribution in [0.2, 0.25) is 0 Å². The number of hydrogen-bond acceptors (Lipinski definition) is 7.